The molecule has 0 saturated carbocycles. The van der Waals surface area contributed by atoms with Crippen LogP contribution in [0.1, 0.15) is 36.7 Å². The molecular weight excluding hydrogens is 390 g/mol. The van der Waals surface area contributed by atoms with E-state index < -0.39 is 5.41 Å². The third-order valence-corrected chi connectivity index (χ3v) is 5.91. The van der Waals surface area contributed by atoms with E-state index in [4.69, 9.17) is 9.26 Å². The molecule has 0 spiro atoms. The summed E-state index contributed by atoms with van der Waals surface area (Å²) in [5, 5.41) is 4.27. The molecule has 0 bridgehead atoms. The largest absolute Gasteiger partial charge is 0.466 e. The van der Waals surface area contributed by atoms with Crippen molar-refractivity contribution >= 4 is 5.97 Å². The molecule has 1 atom stereocenters. The molecule has 2 aromatic heterocycles. The molecule has 0 amide bonds. The summed E-state index contributed by atoms with van der Waals surface area (Å²) in [6.07, 6.45) is 5.80. The first-order valence-corrected chi connectivity index (χ1v) is 10.9. The lowest BCUT2D eigenvalue weighted by Crippen LogP contribution is -2.49. The molecule has 31 heavy (non-hydrogen) atoms. The minimum absolute atomic E-state index is 0.150. The van der Waals surface area contributed by atoms with Gasteiger partial charge in [0.15, 0.2) is 0 Å². The summed E-state index contributed by atoms with van der Waals surface area (Å²) in [5.74, 6) is 0.568. The van der Waals surface area contributed by atoms with Crippen molar-refractivity contribution in [2.45, 2.75) is 39.7 Å². The van der Waals surface area contributed by atoms with Crippen LogP contribution >= 0.6 is 0 Å². The normalized spacial score (nSPS) is 19.3. The number of esters is 1. The van der Waals surface area contributed by atoms with Crippen LogP contribution in [0, 0.1) is 12.3 Å². The number of hydrogen-bond acceptors (Lipinski definition) is 6. The van der Waals surface area contributed by atoms with Gasteiger partial charge in [-0.05, 0) is 57.0 Å². The van der Waals surface area contributed by atoms with Gasteiger partial charge in [-0.3, -0.25) is 14.7 Å². The topological polar surface area (TPSA) is 68.5 Å². The van der Waals surface area contributed by atoms with Gasteiger partial charge in [0.25, 0.3) is 0 Å². The van der Waals surface area contributed by atoms with Crippen LogP contribution in [0.25, 0.3) is 11.3 Å². The van der Waals surface area contributed by atoms with Crippen LogP contribution in [0.2, 0.25) is 0 Å². The maximum Gasteiger partial charge on any atom is 0.313 e. The summed E-state index contributed by atoms with van der Waals surface area (Å²) in [7, 11) is 0. The average Bonchev–Trinajstić information content (AvgIpc) is 3.23. The number of carbonyl (C=O) groups excluding carboxylic acids is 1. The summed E-state index contributed by atoms with van der Waals surface area (Å²) in [6, 6.07) is 14.2. The van der Waals surface area contributed by atoms with E-state index in [1.165, 1.54) is 11.1 Å². The highest BCUT2D eigenvalue weighted by molar-refractivity contribution is 5.77. The Hall–Kier alpha value is -2.99. The Morgan fingerprint density at radius 3 is 2.84 bits per heavy atom. The zero-order chi connectivity index (χ0) is 21.7. The second-order valence-corrected chi connectivity index (χ2v) is 8.40. The number of benzene rings is 1. The molecule has 1 aromatic carbocycles. The minimum atomic E-state index is -0.634. The van der Waals surface area contributed by atoms with Crippen molar-refractivity contribution in [1.82, 2.24) is 15.0 Å². The van der Waals surface area contributed by atoms with Gasteiger partial charge in [0.05, 0.1) is 12.0 Å². The maximum atomic E-state index is 13.1. The Bertz CT molecular complexity index is 1020. The number of carbonyl (C=O) groups is 1. The number of ether oxygens (including phenoxy) is 1. The van der Waals surface area contributed by atoms with Gasteiger partial charge in [0.1, 0.15) is 11.5 Å². The number of rotatable bonds is 7. The van der Waals surface area contributed by atoms with Crippen molar-refractivity contribution in [3.05, 3.63) is 71.7 Å². The third-order valence-electron chi connectivity index (χ3n) is 5.91. The summed E-state index contributed by atoms with van der Waals surface area (Å²) in [4.78, 5) is 19.5. The molecule has 6 nitrogen and oxygen atoms in total. The van der Waals surface area contributed by atoms with Crippen molar-refractivity contribution in [2.24, 2.45) is 5.41 Å². The molecule has 0 aliphatic carbocycles. The Labute approximate surface area is 183 Å². The summed E-state index contributed by atoms with van der Waals surface area (Å²) in [6.45, 7) is 6.65. The SMILES string of the molecule is CCOC(=O)C1(Cc2cc(-c3cccc(C)c3)no2)CCCN(Cc2ccncc2)C1. The van der Waals surface area contributed by atoms with E-state index in [1.54, 1.807) is 12.4 Å². The van der Waals surface area contributed by atoms with Gasteiger partial charge >= 0.3 is 5.97 Å². The molecular formula is C25H29N3O3. The Kier molecular flexibility index (Phi) is 6.47. The first-order valence-electron chi connectivity index (χ1n) is 10.9. The van der Waals surface area contributed by atoms with E-state index in [0.717, 1.165) is 42.9 Å². The smallest absolute Gasteiger partial charge is 0.313 e. The zero-order valence-corrected chi connectivity index (χ0v) is 18.2. The fourth-order valence-electron chi connectivity index (χ4n) is 4.45. The van der Waals surface area contributed by atoms with Crippen LogP contribution in [0.3, 0.4) is 0 Å². The molecule has 6 heteroatoms. The standard InChI is InChI=1S/C25H29N3O3/c1-3-30-24(29)25(10-5-13-28(18-25)17-20-8-11-26-12-9-20)16-22-15-23(27-31-22)21-7-4-6-19(2)14-21/h4,6-9,11-12,14-15H,3,5,10,13,16-18H2,1-2H3. The van der Waals surface area contributed by atoms with Gasteiger partial charge in [-0.1, -0.05) is 28.9 Å². The number of nitrogens with zero attached hydrogens (tertiary/aromatic N) is 3. The lowest BCUT2D eigenvalue weighted by molar-refractivity contribution is -0.159. The number of likely N-dealkylation sites (tertiary alicyclic amines) is 1. The molecule has 1 saturated heterocycles. The van der Waals surface area contributed by atoms with Gasteiger partial charge in [-0.25, -0.2) is 0 Å². The molecule has 1 aliphatic heterocycles. The highest BCUT2D eigenvalue weighted by atomic mass is 16.5. The van der Waals surface area contributed by atoms with Crippen molar-refractivity contribution in [3.8, 4) is 11.3 Å². The monoisotopic (exact) mass is 419 g/mol. The molecule has 3 heterocycles. The number of pyridine rings is 1. The van der Waals surface area contributed by atoms with Crippen LogP contribution in [-0.4, -0.2) is 40.7 Å². The van der Waals surface area contributed by atoms with Crippen LogP contribution in [0.5, 0.6) is 0 Å². The van der Waals surface area contributed by atoms with E-state index in [0.29, 0.717) is 19.6 Å². The van der Waals surface area contributed by atoms with Gasteiger partial charge in [-0.15, -0.1) is 0 Å². The van der Waals surface area contributed by atoms with Crippen LogP contribution in [-0.2, 0) is 22.5 Å². The molecule has 0 radical (unpaired) electrons. The lowest BCUT2D eigenvalue weighted by atomic mass is 9.76. The quantitative estimate of drug-likeness (QED) is 0.528. The van der Waals surface area contributed by atoms with Gasteiger partial charge in [0, 0.05) is 43.5 Å². The highest BCUT2D eigenvalue weighted by Crippen LogP contribution is 2.36. The lowest BCUT2D eigenvalue weighted by Gasteiger charge is -2.40. The first-order chi connectivity index (χ1) is 15.1. The molecule has 1 aliphatic rings. The molecule has 162 valence electrons. The number of aromatic nitrogens is 2. The van der Waals surface area contributed by atoms with E-state index in [9.17, 15) is 4.79 Å². The fourth-order valence-corrected chi connectivity index (χ4v) is 4.45. The average molecular weight is 420 g/mol. The fraction of sp³-hybridized carbons (Fsp3) is 0.400. The molecule has 3 aromatic rings. The highest BCUT2D eigenvalue weighted by Gasteiger charge is 2.44. The molecule has 0 N–H and O–H groups in total. The van der Waals surface area contributed by atoms with E-state index >= 15 is 0 Å². The van der Waals surface area contributed by atoms with Crippen molar-refractivity contribution in [3.63, 3.8) is 0 Å². The Morgan fingerprint density at radius 2 is 2.06 bits per heavy atom. The van der Waals surface area contributed by atoms with E-state index in [1.807, 2.05) is 37.3 Å². The zero-order valence-electron chi connectivity index (χ0n) is 18.2. The summed E-state index contributed by atoms with van der Waals surface area (Å²) < 4.78 is 11.2. The van der Waals surface area contributed by atoms with E-state index in [-0.39, 0.29) is 5.97 Å². The second kappa shape index (κ2) is 9.43. The Balaban J connectivity index is 1.56. The molecule has 4 rings (SSSR count). The second-order valence-electron chi connectivity index (χ2n) is 8.40. The minimum Gasteiger partial charge on any atom is -0.466 e. The predicted molar refractivity (Wildman–Crippen MR) is 118 cm³/mol. The van der Waals surface area contributed by atoms with Crippen LogP contribution in [0.15, 0.2) is 59.4 Å². The van der Waals surface area contributed by atoms with Gasteiger partial charge in [0.2, 0.25) is 0 Å². The van der Waals surface area contributed by atoms with Gasteiger partial charge < -0.3 is 9.26 Å². The summed E-state index contributed by atoms with van der Waals surface area (Å²) in [5.41, 5.74) is 3.54. The first kappa shape index (κ1) is 21.2. The van der Waals surface area contributed by atoms with Crippen molar-refractivity contribution in [2.75, 3.05) is 19.7 Å². The number of aryl methyl sites for hydroxylation is 1. The third kappa shape index (κ3) is 5.02. The summed E-state index contributed by atoms with van der Waals surface area (Å²) >= 11 is 0. The van der Waals surface area contributed by atoms with Crippen molar-refractivity contribution in [1.29, 1.82) is 0 Å². The number of piperidine rings is 1. The van der Waals surface area contributed by atoms with Crippen LogP contribution in [0.4, 0.5) is 0 Å². The Morgan fingerprint density at radius 1 is 1.23 bits per heavy atom. The van der Waals surface area contributed by atoms with E-state index in [2.05, 4.69) is 34.1 Å². The molecule has 1 unspecified atom stereocenters. The predicted octanol–water partition coefficient (Wildman–Crippen LogP) is 4.43. The molecule has 1 fully saturated rings. The van der Waals surface area contributed by atoms with Crippen molar-refractivity contribution < 1.29 is 14.1 Å². The van der Waals surface area contributed by atoms with Gasteiger partial charge in [-0.2, -0.15) is 0 Å². The van der Waals surface area contributed by atoms with Crippen LogP contribution < -0.4 is 0 Å². The number of hydrogen-bond donors (Lipinski definition) is 0. The maximum absolute atomic E-state index is 13.1.